The van der Waals surface area contributed by atoms with Crippen molar-refractivity contribution in [3.8, 4) is 0 Å². The number of hydrogen-bond donors (Lipinski definition) is 1. The first-order chi connectivity index (χ1) is 9.69. The van der Waals surface area contributed by atoms with Crippen molar-refractivity contribution >= 4 is 22.2 Å². The second-order valence-electron chi connectivity index (χ2n) is 5.32. The number of carbonyl (C=O) groups excluding carboxylic acids is 1. The molecular weight excluding hydrogens is 270 g/mol. The summed E-state index contributed by atoms with van der Waals surface area (Å²) in [5.74, 6) is 0.0683. The van der Waals surface area contributed by atoms with Gasteiger partial charge >= 0.3 is 0 Å². The fraction of sp³-hybridized carbons (Fsp3) is 0.600. The fourth-order valence-corrected chi connectivity index (χ4v) is 3.02. The van der Waals surface area contributed by atoms with E-state index in [4.69, 9.17) is 0 Å². The van der Waals surface area contributed by atoms with Crippen LogP contribution >= 0.6 is 11.3 Å². The highest BCUT2D eigenvalue weighted by Crippen LogP contribution is 2.12. The third-order valence-corrected chi connectivity index (χ3v) is 4.15. The van der Waals surface area contributed by atoms with Crippen molar-refractivity contribution in [2.45, 2.75) is 58.4 Å². The van der Waals surface area contributed by atoms with E-state index < -0.39 is 0 Å². The van der Waals surface area contributed by atoms with Crippen molar-refractivity contribution in [1.29, 1.82) is 0 Å². The van der Waals surface area contributed by atoms with Crippen LogP contribution in [0.3, 0.4) is 0 Å². The van der Waals surface area contributed by atoms with E-state index in [1.807, 2.05) is 22.2 Å². The lowest BCUT2D eigenvalue weighted by Gasteiger charge is -2.13. The van der Waals surface area contributed by atoms with Gasteiger partial charge in [0.05, 0.1) is 12.1 Å². The van der Waals surface area contributed by atoms with E-state index in [2.05, 4.69) is 24.1 Å². The lowest BCUT2D eigenvalue weighted by molar-refractivity contribution is -0.121. The van der Waals surface area contributed by atoms with Crippen molar-refractivity contribution in [2.24, 2.45) is 0 Å². The molecule has 2 aromatic heterocycles. The Labute approximate surface area is 124 Å². The van der Waals surface area contributed by atoms with Gasteiger partial charge in [-0.15, -0.1) is 11.3 Å². The number of nitrogens with one attached hydrogen (secondary N) is 1. The van der Waals surface area contributed by atoms with Crippen molar-refractivity contribution in [1.82, 2.24) is 14.7 Å². The van der Waals surface area contributed by atoms with Crippen molar-refractivity contribution in [2.75, 3.05) is 0 Å². The zero-order chi connectivity index (χ0) is 14.4. The molecule has 0 saturated carbocycles. The second-order valence-corrected chi connectivity index (χ2v) is 6.19. The number of nitrogens with zero attached hydrogens (tertiary/aromatic N) is 2. The molecule has 1 amide bonds. The smallest absolute Gasteiger partial charge is 0.226 e. The minimum absolute atomic E-state index is 0.0683. The summed E-state index contributed by atoms with van der Waals surface area (Å²) in [5, 5.41) is 5.05. The molecule has 0 saturated heterocycles. The highest BCUT2D eigenvalue weighted by atomic mass is 32.1. The molecule has 20 heavy (non-hydrogen) atoms. The quantitative estimate of drug-likeness (QED) is 0.758. The number of thiazole rings is 1. The molecule has 0 fully saturated rings. The molecule has 0 bridgehead atoms. The van der Waals surface area contributed by atoms with Crippen LogP contribution in [-0.2, 0) is 11.2 Å². The number of aromatic nitrogens is 2. The number of amides is 1. The van der Waals surface area contributed by atoms with E-state index >= 15 is 0 Å². The van der Waals surface area contributed by atoms with Gasteiger partial charge in [-0.25, -0.2) is 4.98 Å². The summed E-state index contributed by atoms with van der Waals surface area (Å²) in [7, 11) is 0. The summed E-state index contributed by atoms with van der Waals surface area (Å²) >= 11 is 1.58. The van der Waals surface area contributed by atoms with Gasteiger partial charge in [0.1, 0.15) is 0 Å². The van der Waals surface area contributed by atoms with Gasteiger partial charge in [0.15, 0.2) is 4.96 Å². The van der Waals surface area contributed by atoms with Crippen LogP contribution in [0.4, 0.5) is 0 Å². The number of fused-ring (bicyclic) bond motifs is 1. The molecule has 0 aliphatic heterocycles. The molecule has 2 heterocycles. The first kappa shape index (κ1) is 15.0. The SMILES string of the molecule is CCCCCCC(C)NC(=O)Cc1cn2ccsc2n1. The van der Waals surface area contributed by atoms with Crippen molar-refractivity contribution in [3.05, 3.63) is 23.5 Å². The van der Waals surface area contributed by atoms with Crippen LogP contribution in [0.25, 0.3) is 4.96 Å². The molecule has 2 aromatic rings. The van der Waals surface area contributed by atoms with Crippen molar-refractivity contribution < 1.29 is 4.79 Å². The molecule has 0 aliphatic carbocycles. The highest BCUT2D eigenvalue weighted by molar-refractivity contribution is 7.15. The van der Waals surface area contributed by atoms with Crippen LogP contribution in [0.15, 0.2) is 17.8 Å². The molecule has 1 unspecified atom stereocenters. The summed E-state index contributed by atoms with van der Waals surface area (Å²) < 4.78 is 1.96. The van der Waals surface area contributed by atoms with E-state index in [1.165, 1.54) is 25.7 Å². The molecular formula is C15H23N3OS. The van der Waals surface area contributed by atoms with Gasteiger partial charge in [-0.3, -0.25) is 9.20 Å². The molecule has 0 aromatic carbocycles. The van der Waals surface area contributed by atoms with E-state index in [0.29, 0.717) is 6.42 Å². The van der Waals surface area contributed by atoms with Crippen LogP contribution < -0.4 is 5.32 Å². The Morgan fingerprint density at radius 3 is 3.05 bits per heavy atom. The molecule has 0 aliphatic rings. The van der Waals surface area contributed by atoms with Gasteiger partial charge in [-0.05, 0) is 13.3 Å². The van der Waals surface area contributed by atoms with Crippen LogP contribution in [0, 0.1) is 0 Å². The second kappa shape index (κ2) is 7.43. The summed E-state index contributed by atoms with van der Waals surface area (Å²) in [5.41, 5.74) is 0.840. The maximum absolute atomic E-state index is 12.0. The standard InChI is InChI=1S/C15H23N3OS/c1-3-4-5-6-7-12(2)16-14(19)10-13-11-18-8-9-20-15(18)17-13/h8-9,11-12H,3-7,10H2,1-2H3,(H,16,19). The Balaban J connectivity index is 1.73. The average molecular weight is 293 g/mol. The summed E-state index contributed by atoms with van der Waals surface area (Å²) in [6, 6.07) is 0.253. The normalized spacial score (nSPS) is 12.7. The van der Waals surface area contributed by atoms with Crippen molar-refractivity contribution in [3.63, 3.8) is 0 Å². The summed E-state index contributed by atoms with van der Waals surface area (Å²) in [6.45, 7) is 4.29. The van der Waals surface area contributed by atoms with E-state index in [1.54, 1.807) is 11.3 Å². The van der Waals surface area contributed by atoms with Gasteiger partial charge in [-0.2, -0.15) is 0 Å². The van der Waals surface area contributed by atoms with Crippen LogP contribution in [0.1, 0.15) is 51.6 Å². The Morgan fingerprint density at radius 2 is 2.30 bits per heavy atom. The van der Waals surface area contributed by atoms with E-state index in [0.717, 1.165) is 17.1 Å². The molecule has 0 spiro atoms. The monoisotopic (exact) mass is 293 g/mol. The number of carbonyl (C=O) groups is 1. The lowest BCUT2D eigenvalue weighted by Crippen LogP contribution is -2.33. The minimum atomic E-state index is 0.0683. The molecule has 1 N–H and O–H groups in total. The summed E-state index contributed by atoms with van der Waals surface area (Å²) in [4.78, 5) is 17.3. The first-order valence-electron chi connectivity index (χ1n) is 7.39. The zero-order valence-electron chi connectivity index (χ0n) is 12.3. The van der Waals surface area contributed by atoms with Crippen LogP contribution in [0.2, 0.25) is 0 Å². The Morgan fingerprint density at radius 1 is 1.45 bits per heavy atom. The van der Waals surface area contributed by atoms with Crippen LogP contribution in [-0.4, -0.2) is 21.3 Å². The predicted octanol–water partition coefficient (Wildman–Crippen LogP) is 3.41. The van der Waals surface area contributed by atoms with Gasteiger partial charge in [0.25, 0.3) is 0 Å². The Bertz CT molecular complexity index is 518. The average Bonchev–Trinajstić information content (AvgIpc) is 2.95. The third-order valence-electron chi connectivity index (χ3n) is 3.38. The predicted molar refractivity (Wildman–Crippen MR) is 83.1 cm³/mol. The molecule has 4 nitrogen and oxygen atoms in total. The molecule has 1 atom stereocenters. The number of hydrogen-bond acceptors (Lipinski definition) is 3. The number of imidazole rings is 1. The highest BCUT2D eigenvalue weighted by Gasteiger charge is 2.10. The Kier molecular flexibility index (Phi) is 5.59. The molecule has 0 radical (unpaired) electrons. The van der Waals surface area contributed by atoms with Gasteiger partial charge in [0, 0.05) is 23.8 Å². The third kappa shape index (κ3) is 4.34. The van der Waals surface area contributed by atoms with E-state index in [9.17, 15) is 4.79 Å². The first-order valence-corrected chi connectivity index (χ1v) is 8.27. The minimum Gasteiger partial charge on any atom is -0.353 e. The maximum atomic E-state index is 12.0. The van der Waals surface area contributed by atoms with Crippen LogP contribution in [0.5, 0.6) is 0 Å². The molecule has 5 heteroatoms. The summed E-state index contributed by atoms with van der Waals surface area (Å²) in [6.07, 6.45) is 10.3. The lowest BCUT2D eigenvalue weighted by atomic mass is 10.1. The van der Waals surface area contributed by atoms with Gasteiger partial charge in [0.2, 0.25) is 5.91 Å². The molecule has 110 valence electrons. The zero-order valence-corrected chi connectivity index (χ0v) is 13.1. The topological polar surface area (TPSA) is 46.4 Å². The maximum Gasteiger partial charge on any atom is 0.226 e. The number of unbranched alkanes of at least 4 members (excludes halogenated alkanes) is 3. The largest absolute Gasteiger partial charge is 0.353 e. The van der Waals surface area contributed by atoms with Gasteiger partial charge in [-0.1, -0.05) is 32.6 Å². The molecule has 2 rings (SSSR count). The van der Waals surface area contributed by atoms with Gasteiger partial charge < -0.3 is 5.32 Å². The fourth-order valence-electron chi connectivity index (χ4n) is 2.30. The van der Waals surface area contributed by atoms with E-state index in [-0.39, 0.29) is 11.9 Å². The number of rotatable bonds is 8. The Hall–Kier alpha value is -1.36.